The van der Waals surface area contributed by atoms with Gasteiger partial charge in [-0.3, -0.25) is 9.59 Å². The molecule has 1 aromatic heterocycles. The average Bonchev–Trinajstić information content (AvgIpc) is 3.27. The van der Waals surface area contributed by atoms with Gasteiger partial charge in [0.1, 0.15) is 16.5 Å². The van der Waals surface area contributed by atoms with Crippen molar-refractivity contribution in [2.45, 2.75) is 33.6 Å². The number of carbonyl (C=O) groups excluding carboxylic acids is 2. The van der Waals surface area contributed by atoms with Crippen LogP contribution in [0.5, 0.6) is 5.75 Å². The van der Waals surface area contributed by atoms with Crippen LogP contribution in [-0.2, 0) is 4.79 Å². The van der Waals surface area contributed by atoms with Gasteiger partial charge in [-0.1, -0.05) is 61.9 Å². The molecule has 0 aliphatic heterocycles. The zero-order valence-corrected chi connectivity index (χ0v) is 23.3. The molecule has 0 saturated carbocycles. The Bertz CT molecular complexity index is 1560. The van der Waals surface area contributed by atoms with Crippen molar-refractivity contribution in [1.29, 1.82) is 0 Å². The van der Waals surface area contributed by atoms with Gasteiger partial charge in [0.05, 0.1) is 23.1 Å². The second-order valence-corrected chi connectivity index (χ2v) is 11.7. The van der Waals surface area contributed by atoms with Crippen molar-refractivity contribution < 1.29 is 19.4 Å². The molecule has 1 aliphatic rings. The van der Waals surface area contributed by atoms with Gasteiger partial charge >= 0.3 is 0 Å². The van der Waals surface area contributed by atoms with Gasteiger partial charge in [-0.2, -0.15) is 0 Å². The molecule has 5 rings (SSSR count). The first-order chi connectivity index (χ1) is 18.7. The highest BCUT2D eigenvalue weighted by molar-refractivity contribution is 7.18. The molecular formula is C33H31NO4S. The second-order valence-electron chi connectivity index (χ2n) is 10.7. The molecule has 2 N–H and O–H groups in total. The molecule has 0 saturated heterocycles. The third kappa shape index (κ3) is 5.38. The molecule has 4 aromatic rings. The maximum Gasteiger partial charge on any atom is 0.196 e. The Labute approximate surface area is 232 Å². The van der Waals surface area contributed by atoms with E-state index in [4.69, 9.17) is 4.74 Å². The van der Waals surface area contributed by atoms with E-state index in [-0.39, 0.29) is 22.7 Å². The molecule has 198 valence electrons. The summed E-state index contributed by atoms with van der Waals surface area (Å²) in [5.74, 6) is 0.425. The summed E-state index contributed by atoms with van der Waals surface area (Å²) >= 11 is 1.33. The first kappa shape index (κ1) is 26.4. The van der Waals surface area contributed by atoms with Crippen LogP contribution in [0.15, 0.2) is 84.6 Å². The van der Waals surface area contributed by atoms with Crippen LogP contribution in [0.1, 0.15) is 53.1 Å². The molecule has 3 aromatic carbocycles. The van der Waals surface area contributed by atoms with Crippen molar-refractivity contribution in [3.8, 4) is 16.9 Å². The molecule has 0 spiro atoms. The molecule has 0 fully saturated rings. The topological polar surface area (TPSA) is 75.6 Å². The SMILES string of the molecule is COc1ccc(C(=O)c2c(Nc3ccc(C)cc3)sc(C3=C(O)CC(C)(C)CC3=O)c2-c2ccccc2)cc1. The number of benzene rings is 3. The molecular weight excluding hydrogens is 506 g/mol. The van der Waals surface area contributed by atoms with Gasteiger partial charge in [0.25, 0.3) is 0 Å². The average molecular weight is 538 g/mol. The number of ether oxygens (including phenoxy) is 1. The summed E-state index contributed by atoms with van der Waals surface area (Å²) in [6.07, 6.45) is 0.712. The number of carbonyl (C=O) groups is 2. The van der Waals surface area contributed by atoms with Gasteiger partial charge in [0.15, 0.2) is 11.6 Å². The van der Waals surface area contributed by atoms with E-state index < -0.39 is 0 Å². The van der Waals surface area contributed by atoms with Gasteiger partial charge in [-0.25, -0.2) is 0 Å². The summed E-state index contributed by atoms with van der Waals surface area (Å²) in [6, 6.07) is 24.5. The predicted molar refractivity (Wildman–Crippen MR) is 158 cm³/mol. The van der Waals surface area contributed by atoms with Crippen molar-refractivity contribution >= 4 is 39.2 Å². The van der Waals surface area contributed by atoms with E-state index in [9.17, 15) is 14.7 Å². The van der Waals surface area contributed by atoms with Crippen LogP contribution in [0, 0.1) is 12.3 Å². The van der Waals surface area contributed by atoms with Gasteiger partial charge in [-0.05, 0) is 54.3 Å². The predicted octanol–water partition coefficient (Wildman–Crippen LogP) is 8.36. The number of hydrogen-bond donors (Lipinski definition) is 2. The molecule has 1 aliphatic carbocycles. The lowest BCUT2D eigenvalue weighted by molar-refractivity contribution is -0.116. The number of hydrogen-bond acceptors (Lipinski definition) is 6. The smallest absolute Gasteiger partial charge is 0.196 e. The number of anilines is 2. The van der Waals surface area contributed by atoms with Gasteiger partial charge < -0.3 is 15.2 Å². The first-order valence-corrected chi connectivity index (χ1v) is 13.7. The highest BCUT2D eigenvalue weighted by Gasteiger charge is 2.37. The van der Waals surface area contributed by atoms with Crippen LogP contribution in [-0.4, -0.2) is 23.8 Å². The van der Waals surface area contributed by atoms with E-state index in [1.165, 1.54) is 11.3 Å². The van der Waals surface area contributed by atoms with E-state index in [1.54, 1.807) is 31.4 Å². The van der Waals surface area contributed by atoms with E-state index in [0.717, 1.165) is 16.8 Å². The standard InChI is InChI=1S/C33H31NO4S/c1-20-10-14-23(15-11-20)34-32-29(30(37)22-12-16-24(38-4)17-13-22)27(21-8-6-5-7-9-21)31(39-32)28-25(35)18-33(2,3)19-26(28)36/h5-17,34-35H,18-19H2,1-4H3. The van der Waals surface area contributed by atoms with Crippen LogP contribution in [0.3, 0.4) is 0 Å². The Morgan fingerprint density at radius 3 is 2.23 bits per heavy atom. The summed E-state index contributed by atoms with van der Waals surface area (Å²) in [6.45, 7) is 5.98. The molecule has 0 amide bonds. The zero-order chi connectivity index (χ0) is 27.7. The minimum Gasteiger partial charge on any atom is -0.511 e. The van der Waals surface area contributed by atoms with E-state index in [1.807, 2.05) is 75.4 Å². The minimum atomic E-state index is -0.334. The van der Waals surface area contributed by atoms with Crippen molar-refractivity contribution in [3.63, 3.8) is 0 Å². The Balaban J connectivity index is 1.77. The lowest BCUT2D eigenvalue weighted by Crippen LogP contribution is -2.25. The fourth-order valence-electron chi connectivity index (χ4n) is 4.99. The largest absolute Gasteiger partial charge is 0.511 e. The summed E-state index contributed by atoms with van der Waals surface area (Å²) < 4.78 is 5.29. The molecule has 39 heavy (non-hydrogen) atoms. The van der Waals surface area contributed by atoms with Crippen LogP contribution in [0.2, 0.25) is 0 Å². The highest BCUT2D eigenvalue weighted by Crippen LogP contribution is 2.49. The minimum absolute atomic E-state index is 0.0695. The Morgan fingerprint density at radius 1 is 0.949 bits per heavy atom. The molecule has 5 nitrogen and oxygen atoms in total. The highest BCUT2D eigenvalue weighted by atomic mass is 32.1. The maximum atomic E-state index is 14.2. The number of aryl methyl sites for hydroxylation is 1. The van der Waals surface area contributed by atoms with E-state index in [2.05, 4.69) is 5.32 Å². The number of allylic oxidation sites excluding steroid dienone is 2. The molecule has 6 heteroatoms. The van der Waals surface area contributed by atoms with Crippen LogP contribution in [0.4, 0.5) is 10.7 Å². The lowest BCUT2D eigenvalue weighted by atomic mass is 9.75. The zero-order valence-electron chi connectivity index (χ0n) is 22.5. The fourth-order valence-corrected chi connectivity index (χ4v) is 6.32. The number of rotatable bonds is 7. The quantitative estimate of drug-likeness (QED) is 0.232. The normalized spacial score (nSPS) is 14.8. The van der Waals surface area contributed by atoms with Gasteiger partial charge in [-0.15, -0.1) is 11.3 Å². The number of aliphatic hydroxyl groups excluding tert-OH is 1. The third-order valence-corrected chi connectivity index (χ3v) is 8.06. The molecule has 0 unspecified atom stereocenters. The third-order valence-electron chi connectivity index (χ3n) is 6.94. The molecule has 0 radical (unpaired) electrons. The van der Waals surface area contributed by atoms with Crippen LogP contribution >= 0.6 is 11.3 Å². The van der Waals surface area contributed by atoms with Crippen LogP contribution < -0.4 is 10.1 Å². The number of Topliss-reactive ketones (excluding diaryl/α,β-unsaturated/α-hetero) is 1. The van der Waals surface area contributed by atoms with Crippen molar-refractivity contribution in [2.75, 3.05) is 12.4 Å². The van der Waals surface area contributed by atoms with Crippen LogP contribution in [0.25, 0.3) is 16.7 Å². The van der Waals surface area contributed by atoms with Gasteiger partial charge in [0.2, 0.25) is 0 Å². The molecule has 1 heterocycles. The summed E-state index contributed by atoms with van der Waals surface area (Å²) in [5.41, 5.74) is 4.33. The fraction of sp³-hybridized carbons (Fsp3) is 0.212. The number of aliphatic hydroxyl groups is 1. The van der Waals surface area contributed by atoms with E-state index in [0.29, 0.717) is 50.7 Å². The van der Waals surface area contributed by atoms with E-state index >= 15 is 0 Å². The summed E-state index contributed by atoms with van der Waals surface area (Å²) in [7, 11) is 1.59. The molecule has 0 bridgehead atoms. The number of ketones is 2. The van der Waals surface area contributed by atoms with Crippen molar-refractivity contribution in [2.24, 2.45) is 5.41 Å². The monoisotopic (exact) mass is 537 g/mol. The second kappa shape index (κ2) is 10.5. The van der Waals surface area contributed by atoms with Crippen molar-refractivity contribution in [1.82, 2.24) is 0 Å². The lowest BCUT2D eigenvalue weighted by Gasteiger charge is -2.29. The Kier molecular flexibility index (Phi) is 7.15. The Morgan fingerprint density at radius 2 is 1.62 bits per heavy atom. The maximum absolute atomic E-state index is 14.2. The van der Waals surface area contributed by atoms with Crippen molar-refractivity contribution in [3.05, 3.63) is 106 Å². The number of methoxy groups -OCH3 is 1. The molecule has 0 atom stereocenters. The number of thiophene rings is 1. The van der Waals surface area contributed by atoms with Gasteiger partial charge in [0, 0.05) is 29.7 Å². The Hall–Kier alpha value is -4.16. The summed E-state index contributed by atoms with van der Waals surface area (Å²) in [5, 5.41) is 15.2. The number of nitrogens with one attached hydrogen (secondary N) is 1. The first-order valence-electron chi connectivity index (χ1n) is 12.9. The summed E-state index contributed by atoms with van der Waals surface area (Å²) in [4.78, 5) is 28.3.